The predicted molar refractivity (Wildman–Crippen MR) is 81.9 cm³/mol. The minimum absolute atomic E-state index is 0.0124. The maximum absolute atomic E-state index is 12.9. The summed E-state index contributed by atoms with van der Waals surface area (Å²) in [7, 11) is 0. The van der Waals surface area contributed by atoms with E-state index in [0.717, 1.165) is 30.4 Å². The maximum Gasteiger partial charge on any atom is 0.123 e. The molecule has 1 aromatic carbocycles. The lowest BCUT2D eigenvalue weighted by atomic mass is 9.86. The van der Waals surface area contributed by atoms with Crippen LogP contribution in [0.4, 0.5) is 4.39 Å². The van der Waals surface area contributed by atoms with Gasteiger partial charge in [0.05, 0.1) is 0 Å². The summed E-state index contributed by atoms with van der Waals surface area (Å²) in [5.74, 6) is 1.49. The second kappa shape index (κ2) is 7.19. The first-order chi connectivity index (χ1) is 9.56. The Morgan fingerprint density at radius 1 is 1.20 bits per heavy atom. The van der Waals surface area contributed by atoms with Gasteiger partial charge < -0.3 is 10.6 Å². The van der Waals surface area contributed by atoms with Crippen LogP contribution in [-0.4, -0.2) is 24.5 Å². The van der Waals surface area contributed by atoms with Gasteiger partial charge in [-0.3, -0.25) is 0 Å². The van der Waals surface area contributed by atoms with Gasteiger partial charge in [0.1, 0.15) is 5.82 Å². The molecule has 2 rings (SSSR count). The molecule has 1 unspecified atom stereocenters. The summed E-state index contributed by atoms with van der Waals surface area (Å²) in [6.45, 7) is 8.08. The summed E-state index contributed by atoms with van der Waals surface area (Å²) in [6, 6.07) is 6.58. The largest absolute Gasteiger partial charge is 0.324 e. The van der Waals surface area contributed by atoms with Crippen molar-refractivity contribution >= 4 is 0 Å². The van der Waals surface area contributed by atoms with Crippen LogP contribution in [0, 0.1) is 17.7 Å². The summed E-state index contributed by atoms with van der Waals surface area (Å²) in [6.07, 6.45) is 3.56. The number of nitrogens with two attached hydrogens (primary N) is 1. The van der Waals surface area contributed by atoms with Crippen molar-refractivity contribution < 1.29 is 4.39 Å². The second-order valence-corrected chi connectivity index (χ2v) is 6.37. The van der Waals surface area contributed by atoms with E-state index in [0.29, 0.717) is 0 Å². The van der Waals surface area contributed by atoms with Gasteiger partial charge in [0.25, 0.3) is 0 Å². The molecular weight excluding hydrogens is 251 g/mol. The zero-order valence-corrected chi connectivity index (χ0v) is 12.7. The van der Waals surface area contributed by atoms with Crippen molar-refractivity contribution in [3.63, 3.8) is 0 Å². The molecule has 1 aliphatic rings. The van der Waals surface area contributed by atoms with E-state index in [1.54, 1.807) is 12.1 Å². The van der Waals surface area contributed by atoms with E-state index in [2.05, 4.69) is 18.7 Å². The molecule has 1 aromatic rings. The van der Waals surface area contributed by atoms with Crippen molar-refractivity contribution in [2.45, 2.75) is 39.2 Å². The van der Waals surface area contributed by atoms with E-state index >= 15 is 0 Å². The highest BCUT2D eigenvalue weighted by atomic mass is 19.1. The molecule has 1 aliphatic heterocycles. The van der Waals surface area contributed by atoms with Gasteiger partial charge in [0.15, 0.2) is 0 Å². The fourth-order valence-electron chi connectivity index (χ4n) is 3.04. The van der Waals surface area contributed by atoms with Crippen molar-refractivity contribution in [2.75, 3.05) is 19.6 Å². The Bertz CT molecular complexity index is 394. The highest BCUT2D eigenvalue weighted by Crippen LogP contribution is 2.25. The zero-order chi connectivity index (χ0) is 14.5. The summed E-state index contributed by atoms with van der Waals surface area (Å²) < 4.78 is 12.9. The first kappa shape index (κ1) is 15.5. The number of likely N-dealkylation sites (tertiary alicyclic amines) is 1. The van der Waals surface area contributed by atoms with Gasteiger partial charge in [-0.2, -0.15) is 0 Å². The predicted octanol–water partition coefficient (Wildman–Crippen LogP) is 3.58. The Hall–Kier alpha value is -0.930. The van der Waals surface area contributed by atoms with Crippen LogP contribution in [0.1, 0.15) is 44.7 Å². The van der Waals surface area contributed by atoms with Crippen LogP contribution < -0.4 is 5.73 Å². The maximum atomic E-state index is 12.9. The number of piperidine rings is 1. The Labute approximate surface area is 122 Å². The normalized spacial score (nSPS) is 19.4. The van der Waals surface area contributed by atoms with E-state index in [-0.39, 0.29) is 11.9 Å². The third-order valence-electron chi connectivity index (χ3n) is 4.63. The standard InChI is InChI=1S/C17H27FN2/c1-13(2)14-7-10-20(11-8-14)12-9-17(19)15-3-5-16(18)6-4-15/h3-6,13-14,17H,7-12,19H2,1-2H3. The first-order valence-electron chi connectivity index (χ1n) is 7.79. The van der Waals surface area contributed by atoms with Crippen molar-refractivity contribution in [3.8, 4) is 0 Å². The van der Waals surface area contributed by atoms with Crippen LogP contribution in [0.25, 0.3) is 0 Å². The van der Waals surface area contributed by atoms with E-state index < -0.39 is 0 Å². The fourth-order valence-corrected chi connectivity index (χ4v) is 3.04. The van der Waals surface area contributed by atoms with Crippen molar-refractivity contribution in [1.29, 1.82) is 0 Å². The monoisotopic (exact) mass is 278 g/mol. The molecule has 1 atom stereocenters. The van der Waals surface area contributed by atoms with E-state index in [1.165, 1.54) is 38.1 Å². The van der Waals surface area contributed by atoms with Gasteiger partial charge in [-0.05, 0) is 68.4 Å². The zero-order valence-electron chi connectivity index (χ0n) is 12.7. The van der Waals surface area contributed by atoms with E-state index in [1.807, 2.05) is 0 Å². The minimum atomic E-state index is -0.197. The van der Waals surface area contributed by atoms with Gasteiger partial charge in [-0.25, -0.2) is 4.39 Å². The second-order valence-electron chi connectivity index (χ2n) is 6.37. The average molecular weight is 278 g/mol. The molecule has 3 heteroatoms. The highest BCUT2D eigenvalue weighted by Gasteiger charge is 2.21. The molecule has 0 bridgehead atoms. The van der Waals surface area contributed by atoms with Crippen LogP contribution >= 0.6 is 0 Å². The number of hydrogen-bond donors (Lipinski definition) is 1. The summed E-state index contributed by atoms with van der Waals surface area (Å²) in [4.78, 5) is 2.52. The molecule has 1 saturated heterocycles. The molecule has 0 aromatic heterocycles. The number of rotatable bonds is 5. The minimum Gasteiger partial charge on any atom is -0.324 e. The smallest absolute Gasteiger partial charge is 0.123 e. The van der Waals surface area contributed by atoms with Crippen LogP contribution in [-0.2, 0) is 0 Å². The molecule has 20 heavy (non-hydrogen) atoms. The number of nitrogens with zero attached hydrogens (tertiary/aromatic N) is 1. The van der Waals surface area contributed by atoms with E-state index in [4.69, 9.17) is 5.73 Å². The van der Waals surface area contributed by atoms with E-state index in [9.17, 15) is 4.39 Å². The molecule has 1 fully saturated rings. The summed E-state index contributed by atoms with van der Waals surface area (Å²) >= 11 is 0. The van der Waals surface area contributed by atoms with Crippen LogP contribution in [0.3, 0.4) is 0 Å². The van der Waals surface area contributed by atoms with Crippen LogP contribution in [0.2, 0.25) is 0 Å². The molecule has 2 nitrogen and oxygen atoms in total. The third-order valence-corrected chi connectivity index (χ3v) is 4.63. The Kier molecular flexibility index (Phi) is 5.55. The quantitative estimate of drug-likeness (QED) is 0.892. The highest BCUT2D eigenvalue weighted by molar-refractivity contribution is 5.19. The van der Waals surface area contributed by atoms with Gasteiger partial charge in [-0.15, -0.1) is 0 Å². The molecule has 0 aliphatic carbocycles. The van der Waals surface area contributed by atoms with Gasteiger partial charge in [0.2, 0.25) is 0 Å². The van der Waals surface area contributed by atoms with Crippen molar-refractivity contribution in [2.24, 2.45) is 17.6 Å². The van der Waals surface area contributed by atoms with Gasteiger partial charge >= 0.3 is 0 Å². The van der Waals surface area contributed by atoms with Crippen LogP contribution in [0.15, 0.2) is 24.3 Å². The van der Waals surface area contributed by atoms with Gasteiger partial charge in [-0.1, -0.05) is 26.0 Å². The SMILES string of the molecule is CC(C)C1CCN(CCC(N)c2ccc(F)cc2)CC1. The number of hydrogen-bond acceptors (Lipinski definition) is 2. The Balaban J connectivity index is 1.74. The topological polar surface area (TPSA) is 29.3 Å². The molecule has 0 spiro atoms. The molecule has 0 radical (unpaired) electrons. The fraction of sp³-hybridized carbons (Fsp3) is 0.647. The van der Waals surface area contributed by atoms with Crippen molar-refractivity contribution in [1.82, 2.24) is 4.90 Å². The molecule has 2 N–H and O–H groups in total. The Morgan fingerprint density at radius 2 is 1.80 bits per heavy atom. The molecular formula is C17H27FN2. The molecule has 112 valence electrons. The average Bonchev–Trinajstić information content (AvgIpc) is 2.46. The lowest BCUT2D eigenvalue weighted by Gasteiger charge is -2.34. The lowest BCUT2D eigenvalue weighted by Crippen LogP contribution is -2.36. The first-order valence-corrected chi connectivity index (χ1v) is 7.79. The third kappa shape index (κ3) is 4.29. The molecule has 1 heterocycles. The summed E-state index contributed by atoms with van der Waals surface area (Å²) in [5, 5.41) is 0. The molecule has 0 amide bonds. The Morgan fingerprint density at radius 3 is 2.35 bits per heavy atom. The lowest BCUT2D eigenvalue weighted by molar-refractivity contribution is 0.154. The summed E-state index contributed by atoms with van der Waals surface area (Å²) in [5.41, 5.74) is 7.22. The van der Waals surface area contributed by atoms with Crippen molar-refractivity contribution in [3.05, 3.63) is 35.6 Å². The number of benzene rings is 1. The molecule has 0 saturated carbocycles. The van der Waals surface area contributed by atoms with Gasteiger partial charge in [0, 0.05) is 6.04 Å². The van der Waals surface area contributed by atoms with Crippen LogP contribution in [0.5, 0.6) is 0 Å². The number of halogens is 1.